The SMILES string of the molecule is CN(C)C(=O)COC(=O)C1(Cc2nc3ccccc3s2)CCCCC1. The van der Waals surface area contributed by atoms with E-state index in [0.29, 0.717) is 6.42 Å². The standard InChI is InChI=1S/C19H24N2O3S/c1-21(2)17(22)13-24-18(23)19(10-6-3-7-11-19)12-16-20-14-8-4-5-9-15(14)25-16/h4-5,8-9H,3,6-7,10-13H2,1-2H3. The van der Waals surface area contributed by atoms with Crippen molar-refractivity contribution in [1.82, 2.24) is 9.88 Å². The van der Waals surface area contributed by atoms with Gasteiger partial charge in [0.05, 0.1) is 20.6 Å². The van der Waals surface area contributed by atoms with Crippen LogP contribution in [-0.2, 0) is 20.7 Å². The summed E-state index contributed by atoms with van der Waals surface area (Å²) in [6.45, 7) is -0.187. The van der Waals surface area contributed by atoms with E-state index in [1.165, 1.54) is 4.90 Å². The summed E-state index contributed by atoms with van der Waals surface area (Å²) in [7, 11) is 3.32. The number of rotatable bonds is 5. The zero-order valence-electron chi connectivity index (χ0n) is 14.8. The highest BCUT2D eigenvalue weighted by Gasteiger charge is 2.42. The van der Waals surface area contributed by atoms with Gasteiger partial charge < -0.3 is 9.64 Å². The molecule has 0 aliphatic heterocycles. The summed E-state index contributed by atoms with van der Waals surface area (Å²) in [5, 5.41) is 0.971. The first-order valence-electron chi connectivity index (χ1n) is 8.72. The minimum Gasteiger partial charge on any atom is -0.455 e. The zero-order valence-corrected chi connectivity index (χ0v) is 15.6. The van der Waals surface area contributed by atoms with Crippen LogP contribution in [0.3, 0.4) is 0 Å². The van der Waals surface area contributed by atoms with Gasteiger partial charge in [-0.25, -0.2) is 4.98 Å². The molecule has 25 heavy (non-hydrogen) atoms. The predicted molar refractivity (Wildman–Crippen MR) is 98.5 cm³/mol. The molecule has 0 spiro atoms. The van der Waals surface area contributed by atoms with Gasteiger partial charge >= 0.3 is 5.97 Å². The Hall–Kier alpha value is -1.95. The molecule has 2 aromatic rings. The maximum absolute atomic E-state index is 12.9. The smallest absolute Gasteiger partial charge is 0.313 e. The third-order valence-electron chi connectivity index (χ3n) is 4.90. The number of para-hydroxylation sites is 1. The van der Waals surface area contributed by atoms with E-state index in [9.17, 15) is 9.59 Å². The summed E-state index contributed by atoms with van der Waals surface area (Å²) >= 11 is 1.64. The largest absolute Gasteiger partial charge is 0.455 e. The molecular weight excluding hydrogens is 336 g/mol. The topological polar surface area (TPSA) is 59.5 Å². The Morgan fingerprint density at radius 2 is 1.92 bits per heavy atom. The number of likely N-dealkylation sites (N-methyl/N-ethyl adjacent to an activating group) is 1. The molecule has 0 N–H and O–H groups in total. The Morgan fingerprint density at radius 3 is 2.60 bits per heavy atom. The van der Waals surface area contributed by atoms with Gasteiger partial charge in [-0.05, 0) is 25.0 Å². The van der Waals surface area contributed by atoms with Crippen molar-refractivity contribution in [2.45, 2.75) is 38.5 Å². The van der Waals surface area contributed by atoms with Crippen molar-refractivity contribution in [3.05, 3.63) is 29.3 Å². The van der Waals surface area contributed by atoms with Crippen molar-refractivity contribution >= 4 is 33.4 Å². The van der Waals surface area contributed by atoms with Gasteiger partial charge in [0.2, 0.25) is 0 Å². The molecule has 0 radical (unpaired) electrons. The van der Waals surface area contributed by atoms with E-state index in [2.05, 4.69) is 6.07 Å². The van der Waals surface area contributed by atoms with Crippen molar-refractivity contribution in [3.8, 4) is 0 Å². The zero-order chi connectivity index (χ0) is 17.9. The lowest BCUT2D eigenvalue weighted by Gasteiger charge is -2.34. The summed E-state index contributed by atoms with van der Waals surface area (Å²) in [5.74, 6) is -0.444. The molecule has 1 aromatic carbocycles. The average molecular weight is 360 g/mol. The van der Waals surface area contributed by atoms with Gasteiger partial charge in [0.25, 0.3) is 5.91 Å². The van der Waals surface area contributed by atoms with Gasteiger partial charge in [-0.2, -0.15) is 0 Å². The van der Waals surface area contributed by atoms with Gasteiger partial charge in [0.1, 0.15) is 0 Å². The fourth-order valence-corrected chi connectivity index (χ4v) is 4.49. The summed E-state index contributed by atoms with van der Waals surface area (Å²) in [6.07, 6.45) is 5.38. The quantitative estimate of drug-likeness (QED) is 0.767. The summed E-state index contributed by atoms with van der Waals surface area (Å²) in [5.41, 5.74) is 0.434. The molecule has 134 valence electrons. The van der Waals surface area contributed by atoms with E-state index < -0.39 is 5.41 Å². The Kier molecular flexibility index (Phi) is 5.37. The summed E-state index contributed by atoms with van der Waals surface area (Å²) < 4.78 is 6.54. The number of nitrogens with zero attached hydrogens (tertiary/aromatic N) is 2. The third kappa shape index (κ3) is 4.00. The Bertz CT molecular complexity index is 730. The second-order valence-corrected chi connectivity index (χ2v) is 8.07. The molecule has 0 bridgehead atoms. The molecule has 1 fully saturated rings. The number of aromatic nitrogens is 1. The number of fused-ring (bicyclic) bond motifs is 1. The number of amides is 1. The third-order valence-corrected chi connectivity index (χ3v) is 5.93. The van der Waals surface area contributed by atoms with Gasteiger partial charge in [0.15, 0.2) is 6.61 Å². The monoisotopic (exact) mass is 360 g/mol. The molecular formula is C19H24N2O3S. The van der Waals surface area contributed by atoms with Gasteiger partial charge in [-0.15, -0.1) is 11.3 Å². The van der Waals surface area contributed by atoms with Crippen molar-refractivity contribution in [3.63, 3.8) is 0 Å². The lowest BCUT2D eigenvalue weighted by molar-refractivity contribution is -0.162. The highest BCUT2D eigenvalue weighted by molar-refractivity contribution is 7.18. The van der Waals surface area contributed by atoms with E-state index in [1.807, 2.05) is 18.2 Å². The summed E-state index contributed by atoms with van der Waals surface area (Å²) in [6, 6.07) is 8.03. The number of hydrogen-bond donors (Lipinski definition) is 0. The van der Waals surface area contributed by atoms with Crippen molar-refractivity contribution in [1.29, 1.82) is 0 Å². The van der Waals surface area contributed by atoms with Crippen LogP contribution in [0.4, 0.5) is 0 Å². The highest BCUT2D eigenvalue weighted by Crippen LogP contribution is 2.41. The first kappa shape index (κ1) is 17.9. The molecule has 1 aliphatic rings. The maximum Gasteiger partial charge on any atom is 0.313 e. The van der Waals surface area contributed by atoms with Crippen LogP contribution in [0.5, 0.6) is 0 Å². The fourth-order valence-electron chi connectivity index (χ4n) is 3.38. The van der Waals surface area contributed by atoms with Crippen LogP contribution in [0, 0.1) is 5.41 Å². The molecule has 1 aliphatic carbocycles. The van der Waals surface area contributed by atoms with Crippen LogP contribution in [-0.4, -0.2) is 42.5 Å². The summed E-state index contributed by atoms with van der Waals surface area (Å²) in [4.78, 5) is 30.7. The average Bonchev–Trinajstić information content (AvgIpc) is 3.01. The second-order valence-electron chi connectivity index (χ2n) is 6.96. The Labute approximate surface area is 152 Å². The predicted octanol–water partition coefficient (Wildman–Crippen LogP) is 3.42. The first-order valence-corrected chi connectivity index (χ1v) is 9.54. The van der Waals surface area contributed by atoms with Crippen LogP contribution in [0.25, 0.3) is 10.2 Å². The van der Waals surface area contributed by atoms with Crippen molar-refractivity contribution in [2.75, 3.05) is 20.7 Å². The van der Waals surface area contributed by atoms with E-state index in [-0.39, 0.29) is 18.5 Å². The molecule has 1 heterocycles. The molecule has 0 saturated heterocycles. The Balaban J connectivity index is 1.78. The molecule has 6 heteroatoms. The van der Waals surface area contributed by atoms with E-state index in [4.69, 9.17) is 9.72 Å². The number of esters is 1. The molecule has 1 aromatic heterocycles. The molecule has 0 atom stereocenters. The van der Waals surface area contributed by atoms with Crippen LogP contribution >= 0.6 is 11.3 Å². The number of carbonyl (C=O) groups is 2. The minimum atomic E-state index is -0.543. The van der Waals surface area contributed by atoms with Crippen molar-refractivity contribution < 1.29 is 14.3 Å². The molecule has 1 amide bonds. The molecule has 5 nitrogen and oxygen atoms in total. The van der Waals surface area contributed by atoms with E-state index >= 15 is 0 Å². The Morgan fingerprint density at radius 1 is 1.20 bits per heavy atom. The van der Waals surface area contributed by atoms with Gasteiger partial charge in [0, 0.05) is 20.5 Å². The fraction of sp³-hybridized carbons (Fsp3) is 0.526. The normalized spacial score (nSPS) is 16.6. The number of thiazole rings is 1. The van der Waals surface area contributed by atoms with Crippen molar-refractivity contribution in [2.24, 2.45) is 5.41 Å². The van der Waals surface area contributed by atoms with Crippen LogP contribution < -0.4 is 0 Å². The molecule has 0 unspecified atom stereocenters. The van der Waals surface area contributed by atoms with E-state index in [1.54, 1.807) is 25.4 Å². The highest BCUT2D eigenvalue weighted by atomic mass is 32.1. The van der Waals surface area contributed by atoms with Gasteiger partial charge in [-0.3, -0.25) is 9.59 Å². The van der Waals surface area contributed by atoms with Crippen LogP contribution in [0.15, 0.2) is 24.3 Å². The first-order chi connectivity index (χ1) is 12.0. The lowest BCUT2D eigenvalue weighted by Crippen LogP contribution is -2.39. The number of ether oxygens (including phenoxy) is 1. The number of benzene rings is 1. The van der Waals surface area contributed by atoms with Gasteiger partial charge in [-0.1, -0.05) is 31.4 Å². The molecule has 3 rings (SSSR count). The van der Waals surface area contributed by atoms with Crippen LogP contribution in [0.2, 0.25) is 0 Å². The van der Waals surface area contributed by atoms with Crippen LogP contribution in [0.1, 0.15) is 37.1 Å². The number of carbonyl (C=O) groups excluding carboxylic acids is 2. The molecule has 1 saturated carbocycles. The second kappa shape index (κ2) is 7.52. The minimum absolute atomic E-state index is 0.187. The number of hydrogen-bond acceptors (Lipinski definition) is 5. The maximum atomic E-state index is 12.9. The lowest BCUT2D eigenvalue weighted by atomic mass is 9.72. The van der Waals surface area contributed by atoms with E-state index in [0.717, 1.165) is 47.3 Å².